The van der Waals surface area contributed by atoms with Crippen LogP contribution in [0.5, 0.6) is 0 Å². The van der Waals surface area contributed by atoms with E-state index in [-0.39, 0.29) is 17.6 Å². The number of aliphatic hydroxyl groups is 1. The van der Waals surface area contributed by atoms with Gasteiger partial charge in [0.05, 0.1) is 6.61 Å². The van der Waals surface area contributed by atoms with Crippen LogP contribution in [-0.2, 0) is 0 Å². The monoisotopic (exact) mass is 159 g/mol. The maximum absolute atomic E-state index is 8.93. The Morgan fingerprint density at radius 2 is 1.55 bits per heavy atom. The summed E-state index contributed by atoms with van der Waals surface area (Å²) < 4.78 is 0. The van der Waals surface area contributed by atoms with E-state index in [1.807, 2.05) is 13.8 Å². The Morgan fingerprint density at radius 3 is 1.82 bits per heavy atom. The minimum atomic E-state index is -0.146. The second kappa shape index (κ2) is 3.55. The second-order valence-corrected chi connectivity index (χ2v) is 4.96. The van der Waals surface area contributed by atoms with Gasteiger partial charge in [-0.05, 0) is 19.3 Å². The topological polar surface area (TPSA) is 32.3 Å². The third kappa shape index (κ3) is 6.32. The molecule has 0 aliphatic heterocycles. The first-order chi connectivity index (χ1) is 4.77. The van der Waals surface area contributed by atoms with Crippen molar-refractivity contribution < 1.29 is 5.11 Å². The lowest BCUT2D eigenvalue weighted by Gasteiger charge is -2.28. The van der Waals surface area contributed by atoms with Gasteiger partial charge in [0.2, 0.25) is 0 Å². The van der Waals surface area contributed by atoms with E-state index >= 15 is 0 Å². The van der Waals surface area contributed by atoms with Crippen molar-refractivity contribution >= 4 is 0 Å². The molecule has 0 aliphatic rings. The summed E-state index contributed by atoms with van der Waals surface area (Å²) >= 11 is 0. The highest BCUT2D eigenvalue weighted by Gasteiger charge is 2.18. The fourth-order valence-corrected chi connectivity index (χ4v) is 0.560. The van der Waals surface area contributed by atoms with Gasteiger partial charge >= 0.3 is 0 Å². The summed E-state index contributed by atoms with van der Waals surface area (Å²) in [7, 11) is 0. The number of hydrogen-bond donors (Lipinski definition) is 2. The molecule has 0 radical (unpaired) electrons. The lowest BCUT2D eigenvalue weighted by molar-refractivity contribution is 0.174. The summed E-state index contributed by atoms with van der Waals surface area (Å²) in [6, 6.07) is 0. The molecule has 0 heterocycles. The first-order valence-corrected chi connectivity index (χ1v) is 4.13. The predicted octanol–water partition coefficient (Wildman–Crippen LogP) is 1.39. The standard InChI is InChI=1S/C9H21NO/c1-8(2,3)6-10-9(4,5)7-11/h10-11H,6-7H2,1-5H3. The van der Waals surface area contributed by atoms with Gasteiger partial charge in [0.1, 0.15) is 0 Å². The molecule has 0 saturated heterocycles. The Bertz CT molecular complexity index is 113. The molecule has 11 heavy (non-hydrogen) atoms. The van der Waals surface area contributed by atoms with Crippen molar-refractivity contribution in [3.05, 3.63) is 0 Å². The van der Waals surface area contributed by atoms with E-state index in [0.717, 1.165) is 6.54 Å². The van der Waals surface area contributed by atoms with Crippen LogP contribution in [0.15, 0.2) is 0 Å². The van der Waals surface area contributed by atoms with Crippen LogP contribution < -0.4 is 5.32 Å². The van der Waals surface area contributed by atoms with E-state index in [4.69, 9.17) is 5.11 Å². The molecule has 0 saturated carbocycles. The number of rotatable bonds is 3. The molecule has 0 aliphatic carbocycles. The van der Waals surface area contributed by atoms with Crippen LogP contribution in [-0.4, -0.2) is 23.8 Å². The SMILES string of the molecule is CC(C)(C)CNC(C)(C)CO. The fourth-order valence-electron chi connectivity index (χ4n) is 0.560. The average molecular weight is 159 g/mol. The predicted molar refractivity (Wildman–Crippen MR) is 48.6 cm³/mol. The third-order valence-electron chi connectivity index (χ3n) is 1.49. The van der Waals surface area contributed by atoms with Gasteiger partial charge in [-0.2, -0.15) is 0 Å². The first-order valence-electron chi connectivity index (χ1n) is 4.13. The van der Waals surface area contributed by atoms with Crippen molar-refractivity contribution in [3.63, 3.8) is 0 Å². The summed E-state index contributed by atoms with van der Waals surface area (Å²) in [5.41, 5.74) is 0.139. The smallest absolute Gasteiger partial charge is 0.0607 e. The first kappa shape index (κ1) is 10.9. The molecular weight excluding hydrogens is 138 g/mol. The van der Waals surface area contributed by atoms with E-state index in [1.165, 1.54) is 0 Å². The molecule has 2 nitrogen and oxygen atoms in total. The van der Waals surface area contributed by atoms with Crippen LogP contribution in [0.1, 0.15) is 34.6 Å². The molecule has 0 fully saturated rings. The molecule has 0 bridgehead atoms. The zero-order valence-corrected chi connectivity index (χ0v) is 8.36. The zero-order chi connectivity index (χ0) is 9.12. The van der Waals surface area contributed by atoms with Crippen LogP contribution in [0.4, 0.5) is 0 Å². The number of hydrogen-bond acceptors (Lipinski definition) is 2. The largest absolute Gasteiger partial charge is 0.394 e. The summed E-state index contributed by atoms with van der Waals surface area (Å²) in [5.74, 6) is 0. The quantitative estimate of drug-likeness (QED) is 0.652. The van der Waals surface area contributed by atoms with Gasteiger partial charge in [-0.15, -0.1) is 0 Å². The van der Waals surface area contributed by atoms with E-state index in [2.05, 4.69) is 26.1 Å². The van der Waals surface area contributed by atoms with E-state index in [1.54, 1.807) is 0 Å². The van der Waals surface area contributed by atoms with Crippen molar-refractivity contribution in [2.75, 3.05) is 13.2 Å². The molecule has 2 heteroatoms. The van der Waals surface area contributed by atoms with Gasteiger partial charge in [0.25, 0.3) is 0 Å². The minimum Gasteiger partial charge on any atom is -0.394 e. The summed E-state index contributed by atoms with van der Waals surface area (Å²) in [6.07, 6.45) is 0. The fraction of sp³-hybridized carbons (Fsp3) is 1.00. The zero-order valence-electron chi connectivity index (χ0n) is 8.36. The molecule has 2 N–H and O–H groups in total. The Hall–Kier alpha value is -0.0800. The molecule has 0 amide bonds. The lowest BCUT2D eigenvalue weighted by Crippen LogP contribution is -2.46. The Morgan fingerprint density at radius 1 is 1.09 bits per heavy atom. The number of aliphatic hydroxyl groups excluding tert-OH is 1. The van der Waals surface area contributed by atoms with Gasteiger partial charge in [-0.25, -0.2) is 0 Å². The summed E-state index contributed by atoms with van der Waals surface area (Å²) in [6.45, 7) is 11.6. The molecule has 0 unspecified atom stereocenters. The van der Waals surface area contributed by atoms with Gasteiger partial charge in [-0.1, -0.05) is 20.8 Å². The number of nitrogens with one attached hydrogen (secondary N) is 1. The molecule has 68 valence electrons. The lowest BCUT2D eigenvalue weighted by atomic mass is 9.95. The van der Waals surface area contributed by atoms with Crippen LogP contribution in [0.3, 0.4) is 0 Å². The molecule has 0 spiro atoms. The van der Waals surface area contributed by atoms with E-state index in [9.17, 15) is 0 Å². The summed E-state index contributed by atoms with van der Waals surface area (Å²) in [5, 5.41) is 12.2. The molecule has 0 aromatic carbocycles. The van der Waals surface area contributed by atoms with Crippen molar-refractivity contribution in [1.82, 2.24) is 5.32 Å². The third-order valence-corrected chi connectivity index (χ3v) is 1.49. The average Bonchev–Trinajstić information content (AvgIpc) is 1.83. The van der Waals surface area contributed by atoms with Crippen LogP contribution in [0, 0.1) is 5.41 Å². The van der Waals surface area contributed by atoms with Crippen LogP contribution in [0.2, 0.25) is 0 Å². The highest BCUT2D eigenvalue weighted by molar-refractivity contribution is 4.78. The summed E-state index contributed by atoms with van der Waals surface area (Å²) in [4.78, 5) is 0. The van der Waals surface area contributed by atoms with Gasteiger partial charge in [0, 0.05) is 12.1 Å². The van der Waals surface area contributed by atoms with Crippen molar-refractivity contribution in [2.45, 2.75) is 40.2 Å². The molecule has 0 rings (SSSR count). The van der Waals surface area contributed by atoms with Gasteiger partial charge < -0.3 is 10.4 Å². The van der Waals surface area contributed by atoms with Gasteiger partial charge in [-0.3, -0.25) is 0 Å². The normalized spacial score (nSPS) is 13.6. The minimum absolute atomic E-state index is 0.146. The maximum atomic E-state index is 8.93. The maximum Gasteiger partial charge on any atom is 0.0607 e. The molecule has 0 aromatic heterocycles. The second-order valence-electron chi connectivity index (χ2n) is 4.96. The van der Waals surface area contributed by atoms with Crippen molar-refractivity contribution in [3.8, 4) is 0 Å². The van der Waals surface area contributed by atoms with E-state index < -0.39 is 0 Å². The molecular formula is C9H21NO. The van der Waals surface area contributed by atoms with Crippen LogP contribution in [0.25, 0.3) is 0 Å². The highest BCUT2D eigenvalue weighted by Crippen LogP contribution is 2.12. The van der Waals surface area contributed by atoms with Crippen LogP contribution >= 0.6 is 0 Å². The van der Waals surface area contributed by atoms with E-state index in [0.29, 0.717) is 0 Å². The highest BCUT2D eigenvalue weighted by atomic mass is 16.3. The Balaban J connectivity index is 3.70. The molecule has 0 aromatic rings. The Labute approximate surface area is 70.0 Å². The molecule has 0 atom stereocenters. The van der Waals surface area contributed by atoms with Crippen molar-refractivity contribution in [1.29, 1.82) is 0 Å². The van der Waals surface area contributed by atoms with Crippen molar-refractivity contribution in [2.24, 2.45) is 5.41 Å². The van der Waals surface area contributed by atoms with Gasteiger partial charge in [0.15, 0.2) is 0 Å². The Kier molecular flexibility index (Phi) is 3.52.